The number of nitrogen functional groups attached to an aromatic ring is 1. The minimum Gasteiger partial charge on any atom is -0.508 e. The summed E-state index contributed by atoms with van der Waals surface area (Å²) in [4.78, 5) is 13.7. The molecule has 2 heterocycles. The molecule has 2 aromatic heterocycles. The topological polar surface area (TPSA) is 99.1 Å². The predicted octanol–water partition coefficient (Wildman–Crippen LogP) is 3.87. The number of nitrogens with two attached hydrogens (primary N) is 1. The largest absolute Gasteiger partial charge is 0.508 e. The number of hydrogen-bond acceptors (Lipinski definition) is 7. The van der Waals surface area contributed by atoms with Gasteiger partial charge >= 0.3 is 6.18 Å². The maximum absolute atomic E-state index is 12.2. The number of alkyl halides is 3. The third kappa shape index (κ3) is 6.19. The van der Waals surface area contributed by atoms with Crippen LogP contribution in [0.1, 0.15) is 6.92 Å². The van der Waals surface area contributed by atoms with E-state index in [9.17, 15) is 18.3 Å². The van der Waals surface area contributed by atoms with Crippen LogP contribution in [0.25, 0.3) is 11.2 Å². The van der Waals surface area contributed by atoms with Gasteiger partial charge in [-0.3, -0.25) is 0 Å². The van der Waals surface area contributed by atoms with Gasteiger partial charge in [-0.2, -0.15) is 18.2 Å². The van der Waals surface area contributed by atoms with Crippen molar-refractivity contribution < 1.29 is 23.0 Å². The fraction of sp³-hybridized carbons (Fsp3) is 0.353. The SMILES string of the molecule is CC(Cn1cnc2c(Sc3ccc(O)cc3)nc(N)nc21)OCPCC(F)(F)F. The molecule has 3 N–H and O–H groups in total. The van der Waals surface area contributed by atoms with Gasteiger partial charge in [0.05, 0.1) is 31.5 Å². The molecule has 12 heteroatoms. The van der Waals surface area contributed by atoms with Crippen molar-refractivity contribution in [3.63, 3.8) is 0 Å². The maximum Gasteiger partial charge on any atom is 0.392 e. The molecule has 29 heavy (non-hydrogen) atoms. The van der Waals surface area contributed by atoms with E-state index in [2.05, 4.69) is 15.0 Å². The number of phenolic OH excluding ortho intramolecular Hbond substituents is 1. The van der Waals surface area contributed by atoms with E-state index in [0.717, 1.165) is 4.90 Å². The van der Waals surface area contributed by atoms with Gasteiger partial charge in [-0.05, 0) is 31.2 Å². The van der Waals surface area contributed by atoms with Gasteiger partial charge in [0, 0.05) is 4.90 Å². The lowest BCUT2D eigenvalue weighted by atomic mass is 10.3. The Morgan fingerprint density at radius 2 is 2.00 bits per heavy atom. The van der Waals surface area contributed by atoms with Crippen LogP contribution in [-0.2, 0) is 11.3 Å². The van der Waals surface area contributed by atoms with Gasteiger partial charge in [0.25, 0.3) is 0 Å². The Morgan fingerprint density at radius 3 is 2.69 bits per heavy atom. The normalized spacial score (nSPS) is 13.5. The molecular weight excluding hydrogens is 426 g/mol. The third-order valence-corrected chi connectivity index (χ3v) is 5.76. The van der Waals surface area contributed by atoms with Crippen molar-refractivity contribution in [2.24, 2.45) is 0 Å². The monoisotopic (exact) mass is 445 g/mol. The zero-order chi connectivity index (χ0) is 21.0. The number of anilines is 1. The van der Waals surface area contributed by atoms with Crippen LogP contribution in [0.3, 0.4) is 0 Å². The second-order valence-electron chi connectivity index (χ2n) is 6.22. The molecule has 3 aromatic rings. The number of halogens is 3. The lowest BCUT2D eigenvalue weighted by Crippen LogP contribution is -2.17. The minimum atomic E-state index is -4.16. The molecule has 1 aromatic carbocycles. The first-order valence-electron chi connectivity index (χ1n) is 8.55. The van der Waals surface area contributed by atoms with Gasteiger partial charge in [-0.1, -0.05) is 20.3 Å². The number of rotatable bonds is 8. The van der Waals surface area contributed by atoms with Gasteiger partial charge < -0.3 is 20.1 Å². The van der Waals surface area contributed by atoms with Crippen LogP contribution in [0.2, 0.25) is 0 Å². The standard InChI is InChI=1S/C17H19F3N5O2PS/c1-10(27-9-28-7-17(18,19)20)6-25-8-22-13-14(25)23-16(21)24-15(13)29-12-4-2-11(26)3-5-12/h2-5,8,10,26,28H,6-7,9H2,1H3,(H2,21,23,24). The zero-order valence-corrected chi connectivity index (χ0v) is 17.2. The van der Waals surface area contributed by atoms with Crippen LogP contribution in [0, 0.1) is 0 Å². The Kier molecular flexibility index (Phi) is 6.81. The van der Waals surface area contributed by atoms with E-state index in [0.29, 0.717) is 22.7 Å². The van der Waals surface area contributed by atoms with Crippen molar-refractivity contribution in [1.29, 1.82) is 0 Å². The molecule has 0 spiro atoms. The number of imidazole rings is 1. The summed E-state index contributed by atoms with van der Waals surface area (Å²) >= 11 is 1.34. The van der Waals surface area contributed by atoms with Gasteiger partial charge in [0.1, 0.15) is 16.3 Å². The Bertz CT molecular complexity index is 968. The average Bonchev–Trinajstić information content (AvgIpc) is 3.03. The van der Waals surface area contributed by atoms with Crippen LogP contribution in [0.15, 0.2) is 40.5 Å². The van der Waals surface area contributed by atoms with Gasteiger partial charge in [0.15, 0.2) is 5.65 Å². The quantitative estimate of drug-likeness (QED) is 0.309. The number of ether oxygens (including phenoxy) is 1. The van der Waals surface area contributed by atoms with E-state index < -0.39 is 12.3 Å². The Hall–Kier alpha value is -2.10. The Morgan fingerprint density at radius 1 is 1.28 bits per heavy atom. The number of aromatic nitrogens is 4. The molecule has 3 rings (SSSR count). The summed E-state index contributed by atoms with van der Waals surface area (Å²) in [6.07, 6.45) is -3.69. The van der Waals surface area contributed by atoms with E-state index in [1.807, 2.05) is 0 Å². The number of phenols is 1. The molecule has 0 aliphatic heterocycles. The highest BCUT2D eigenvalue weighted by molar-refractivity contribution is 7.99. The fourth-order valence-electron chi connectivity index (χ4n) is 2.49. The molecule has 0 saturated carbocycles. The van der Waals surface area contributed by atoms with Crippen molar-refractivity contribution >= 4 is 37.5 Å². The molecule has 2 unspecified atom stereocenters. The van der Waals surface area contributed by atoms with Gasteiger partial charge in [-0.25, -0.2) is 9.97 Å². The zero-order valence-electron chi connectivity index (χ0n) is 15.3. The Labute approximate surface area is 170 Å². The van der Waals surface area contributed by atoms with Gasteiger partial charge in [0.2, 0.25) is 5.95 Å². The molecule has 0 aliphatic rings. The molecule has 7 nitrogen and oxygen atoms in total. The van der Waals surface area contributed by atoms with Crippen molar-refractivity contribution in [1.82, 2.24) is 19.5 Å². The smallest absolute Gasteiger partial charge is 0.392 e. The molecule has 156 valence electrons. The lowest BCUT2D eigenvalue weighted by Gasteiger charge is -2.14. The van der Waals surface area contributed by atoms with Crippen LogP contribution >= 0.6 is 20.3 Å². The second kappa shape index (κ2) is 9.15. The molecule has 0 fully saturated rings. The van der Waals surface area contributed by atoms with Gasteiger partial charge in [-0.15, -0.1) is 0 Å². The van der Waals surface area contributed by atoms with E-state index in [-0.39, 0.29) is 32.7 Å². The molecule has 0 amide bonds. The van der Waals surface area contributed by atoms with Crippen molar-refractivity contribution in [3.8, 4) is 5.75 Å². The predicted molar refractivity (Wildman–Crippen MR) is 107 cm³/mol. The first-order chi connectivity index (χ1) is 13.7. The second-order valence-corrected chi connectivity index (χ2v) is 8.42. The van der Waals surface area contributed by atoms with E-state index in [4.69, 9.17) is 10.5 Å². The first-order valence-corrected chi connectivity index (χ1v) is 10.8. The molecule has 0 bridgehead atoms. The van der Waals surface area contributed by atoms with Crippen LogP contribution in [0.4, 0.5) is 19.1 Å². The van der Waals surface area contributed by atoms with Crippen LogP contribution in [-0.4, -0.2) is 49.4 Å². The fourth-order valence-corrected chi connectivity index (χ4v) is 4.15. The van der Waals surface area contributed by atoms with E-state index in [1.165, 1.54) is 11.8 Å². The summed E-state index contributed by atoms with van der Waals surface area (Å²) in [6, 6.07) is 6.64. The third-order valence-electron chi connectivity index (χ3n) is 3.75. The number of fused-ring (bicyclic) bond motifs is 1. The maximum atomic E-state index is 12.2. The first kappa shape index (κ1) is 21.6. The van der Waals surface area contributed by atoms with Crippen molar-refractivity contribution in [2.75, 3.05) is 18.2 Å². The van der Waals surface area contributed by atoms with Crippen molar-refractivity contribution in [3.05, 3.63) is 30.6 Å². The summed E-state index contributed by atoms with van der Waals surface area (Å²) in [5, 5.41) is 9.97. The number of hydrogen-bond donors (Lipinski definition) is 2. The number of benzene rings is 1. The number of aromatic hydroxyl groups is 1. The minimum absolute atomic E-state index is 0.0480. The molecule has 2 atom stereocenters. The highest BCUT2D eigenvalue weighted by Gasteiger charge is 2.26. The summed E-state index contributed by atoms with van der Waals surface area (Å²) in [7, 11) is -0.334. The van der Waals surface area contributed by atoms with Crippen LogP contribution < -0.4 is 5.73 Å². The molecule has 0 radical (unpaired) electrons. The Balaban J connectivity index is 1.70. The summed E-state index contributed by atoms with van der Waals surface area (Å²) in [5.41, 5.74) is 6.93. The molecule has 0 aliphatic carbocycles. The molecular formula is C17H19F3N5O2PS. The van der Waals surface area contributed by atoms with Crippen molar-refractivity contribution in [2.45, 2.75) is 35.7 Å². The lowest BCUT2D eigenvalue weighted by molar-refractivity contribution is -0.106. The van der Waals surface area contributed by atoms with Crippen LogP contribution in [0.5, 0.6) is 5.75 Å². The van der Waals surface area contributed by atoms with E-state index >= 15 is 0 Å². The summed E-state index contributed by atoms with van der Waals surface area (Å²) in [5.74, 6) is 0.247. The summed E-state index contributed by atoms with van der Waals surface area (Å²) < 4.78 is 43.9. The number of nitrogens with zero attached hydrogens (tertiary/aromatic N) is 4. The summed E-state index contributed by atoms with van der Waals surface area (Å²) in [6.45, 7) is 2.15. The highest BCUT2D eigenvalue weighted by Crippen LogP contribution is 2.32. The molecule has 0 saturated heterocycles. The van der Waals surface area contributed by atoms with E-state index in [1.54, 1.807) is 42.1 Å². The average molecular weight is 445 g/mol. The highest BCUT2D eigenvalue weighted by atomic mass is 32.2.